The number of hydrogen-bond donors (Lipinski definition) is 2. The molecule has 4 nitrogen and oxygen atoms in total. The van der Waals surface area contributed by atoms with Gasteiger partial charge in [-0.1, -0.05) is 37.3 Å². The minimum atomic E-state index is -0.910. The summed E-state index contributed by atoms with van der Waals surface area (Å²) in [5.74, 6) is 0.915. The zero-order valence-corrected chi connectivity index (χ0v) is 16.2. The fraction of sp³-hybridized carbons (Fsp3) is 0.652. The fourth-order valence-corrected chi connectivity index (χ4v) is 6.59. The molecule has 0 spiro atoms. The van der Waals surface area contributed by atoms with Crippen LogP contribution in [0.3, 0.4) is 0 Å². The molecule has 2 N–H and O–H groups in total. The Kier molecular flexibility index (Phi) is 5.00. The SMILES string of the molecule is C[C@@H](c1ccccc1)[C@@H](CC(=O)O)C(=O)NCC12CC3CC(CC(C3)C1)C2. The van der Waals surface area contributed by atoms with Crippen molar-refractivity contribution >= 4 is 11.9 Å². The van der Waals surface area contributed by atoms with Crippen LogP contribution in [0.5, 0.6) is 0 Å². The highest BCUT2D eigenvalue weighted by molar-refractivity contribution is 5.84. The second-order valence-electron chi connectivity index (χ2n) is 9.54. The van der Waals surface area contributed by atoms with Crippen molar-refractivity contribution in [2.45, 2.75) is 57.8 Å². The lowest BCUT2D eigenvalue weighted by atomic mass is 9.49. The lowest BCUT2D eigenvalue weighted by Crippen LogP contribution is -2.52. The Bertz CT molecular complexity index is 664. The molecule has 0 aliphatic heterocycles. The minimum Gasteiger partial charge on any atom is -0.481 e. The van der Waals surface area contributed by atoms with E-state index in [1.165, 1.54) is 38.5 Å². The van der Waals surface area contributed by atoms with Crippen molar-refractivity contribution in [3.8, 4) is 0 Å². The number of carboxylic acid groups (broad SMARTS) is 1. The van der Waals surface area contributed by atoms with Crippen LogP contribution in [-0.4, -0.2) is 23.5 Å². The van der Waals surface area contributed by atoms with Crippen LogP contribution in [0.1, 0.15) is 63.4 Å². The van der Waals surface area contributed by atoms with E-state index in [-0.39, 0.29) is 23.7 Å². The number of hydrogen-bond acceptors (Lipinski definition) is 2. The van der Waals surface area contributed by atoms with Crippen molar-refractivity contribution in [1.29, 1.82) is 0 Å². The molecule has 146 valence electrons. The van der Waals surface area contributed by atoms with Gasteiger partial charge in [0.05, 0.1) is 12.3 Å². The van der Waals surface area contributed by atoms with E-state index in [0.717, 1.165) is 29.9 Å². The first-order valence-corrected chi connectivity index (χ1v) is 10.5. The molecule has 0 radical (unpaired) electrons. The number of benzene rings is 1. The number of carbonyl (C=O) groups excluding carboxylic acids is 1. The molecule has 0 saturated heterocycles. The summed E-state index contributed by atoms with van der Waals surface area (Å²) < 4.78 is 0. The molecule has 4 fully saturated rings. The summed E-state index contributed by atoms with van der Waals surface area (Å²) in [6.07, 6.45) is 7.79. The molecular weight excluding hydrogens is 338 g/mol. The maximum absolute atomic E-state index is 13.0. The maximum atomic E-state index is 13.0. The summed E-state index contributed by atoms with van der Waals surface area (Å²) in [5, 5.41) is 12.5. The van der Waals surface area contributed by atoms with Crippen LogP contribution in [0.2, 0.25) is 0 Å². The van der Waals surface area contributed by atoms with Crippen LogP contribution in [0.15, 0.2) is 30.3 Å². The van der Waals surface area contributed by atoms with Crippen LogP contribution in [0.4, 0.5) is 0 Å². The zero-order chi connectivity index (χ0) is 19.0. The van der Waals surface area contributed by atoms with E-state index in [1.807, 2.05) is 37.3 Å². The Morgan fingerprint density at radius 1 is 1.07 bits per heavy atom. The average Bonchev–Trinajstić information content (AvgIpc) is 2.63. The summed E-state index contributed by atoms with van der Waals surface area (Å²) in [5.41, 5.74) is 1.29. The Morgan fingerprint density at radius 3 is 2.15 bits per heavy atom. The number of carbonyl (C=O) groups is 2. The topological polar surface area (TPSA) is 66.4 Å². The van der Waals surface area contributed by atoms with E-state index >= 15 is 0 Å². The molecule has 27 heavy (non-hydrogen) atoms. The van der Waals surface area contributed by atoms with Gasteiger partial charge in [-0.05, 0) is 73.2 Å². The van der Waals surface area contributed by atoms with Gasteiger partial charge in [-0.25, -0.2) is 0 Å². The molecule has 4 heteroatoms. The second kappa shape index (κ2) is 7.29. The molecule has 0 aromatic heterocycles. The van der Waals surface area contributed by atoms with Crippen LogP contribution in [0, 0.1) is 29.1 Å². The van der Waals surface area contributed by atoms with Gasteiger partial charge in [-0.2, -0.15) is 0 Å². The summed E-state index contributed by atoms with van der Waals surface area (Å²) >= 11 is 0. The van der Waals surface area contributed by atoms with Crippen molar-refractivity contribution in [1.82, 2.24) is 5.32 Å². The number of aliphatic carboxylic acids is 1. The van der Waals surface area contributed by atoms with Gasteiger partial charge in [0, 0.05) is 6.54 Å². The lowest BCUT2D eigenvalue weighted by molar-refractivity contribution is -0.142. The van der Waals surface area contributed by atoms with E-state index < -0.39 is 11.9 Å². The standard InChI is InChI=1S/C23H31NO3/c1-15(19-5-3-2-4-6-19)20(10-21(25)26)22(27)24-14-23-11-16-7-17(12-23)9-18(8-16)13-23/h2-6,15-18,20H,7-14H2,1H3,(H,24,27)(H,25,26)/t15-,16?,17?,18?,20+,23?/m0/s1. The van der Waals surface area contributed by atoms with E-state index in [4.69, 9.17) is 0 Å². The molecule has 4 aliphatic carbocycles. The Labute approximate surface area is 161 Å². The summed E-state index contributed by atoms with van der Waals surface area (Å²) in [6, 6.07) is 9.78. The van der Waals surface area contributed by atoms with Crippen LogP contribution in [0.25, 0.3) is 0 Å². The molecule has 4 aliphatic rings. The molecule has 0 unspecified atom stereocenters. The van der Waals surface area contributed by atoms with Gasteiger partial charge in [-0.15, -0.1) is 0 Å². The Balaban J connectivity index is 1.43. The molecular formula is C23H31NO3. The number of nitrogens with one attached hydrogen (secondary N) is 1. The monoisotopic (exact) mass is 369 g/mol. The lowest BCUT2D eigenvalue weighted by Gasteiger charge is -2.57. The van der Waals surface area contributed by atoms with E-state index in [9.17, 15) is 14.7 Å². The molecule has 1 amide bonds. The third-order valence-corrected chi connectivity index (χ3v) is 7.46. The number of rotatable bonds is 7. The highest BCUT2D eigenvalue weighted by Gasteiger charge is 2.50. The van der Waals surface area contributed by atoms with Gasteiger partial charge in [-0.3, -0.25) is 9.59 Å². The number of carboxylic acids is 1. The van der Waals surface area contributed by atoms with Gasteiger partial charge in [0.25, 0.3) is 0 Å². The van der Waals surface area contributed by atoms with Crippen LogP contribution >= 0.6 is 0 Å². The second-order valence-corrected chi connectivity index (χ2v) is 9.54. The van der Waals surface area contributed by atoms with Crippen molar-refractivity contribution in [2.24, 2.45) is 29.1 Å². The van der Waals surface area contributed by atoms with Crippen LogP contribution in [-0.2, 0) is 9.59 Å². The maximum Gasteiger partial charge on any atom is 0.304 e. The van der Waals surface area contributed by atoms with E-state index in [0.29, 0.717) is 0 Å². The molecule has 1 aromatic rings. The van der Waals surface area contributed by atoms with Gasteiger partial charge >= 0.3 is 5.97 Å². The van der Waals surface area contributed by atoms with E-state index in [1.54, 1.807) is 0 Å². The predicted molar refractivity (Wildman–Crippen MR) is 104 cm³/mol. The summed E-state index contributed by atoms with van der Waals surface area (Å²) in [7, 11) is 0. The Morgan fingerprint density at radius 2 is 1.63 bits per heavy atom. The smallest absolute Gasteiger partial charge is 0.304 e. The van der Waals surface area contributed by atoms with Crippen molar-refractivity contribution in [3.05, 3.63) is 35.9 Å². The van der Waals surface area contributed by atoms with Gasteiger partial charge in [0.1, 0.15) is 0 Å². The quantitative estimate of drug-likeness (QED) is 0.756. The largest absolute Gasteiger partial charge is 0.481 e. The molecule has 2 atom stereocenters. The minimum absolute atomic E-state index is 0.0931. The highest BCUT2D eigenvalue weighted by atomic mass is 16.4. The molecule has 0 heterocycles. The Hall–Kier alpha value is -1.84. The number of amides is 1. The first-order chi connectivity index (χ1) is 12.9. The third kappa shape index (κ3) is 3.90. The normalized spacial score (nSPS) is 33.4. The van der Waals surface area contributed by atoms with Gasteiger partial charge in [0.2, 0.25) is 5.91 Å². The molecule has 4 saturated carbocycles. The van der Waals surface area contributed by atoms with Crippen molar-refractivity contribution < 1.29 is 14.7 Å². The van der Waals surface area contributed by atoms with Crippen molar-refractivity contribution in [2.75, 3.05) is 6.54 Å². The van der Waals surface area contributed by atoms with Crippen molar-refractivity contribution in [3.63, 3.8) is 0 Å². The average molecular weight is 370 g/mol. The zero-order valence-electron chi connectivity index (χ0n) is 16.2. The summed E-state index contributed by atoms with van der Waals surface area (Å²) in [6.45, 7) is 2.69. The van der Waals surface area contributed by atoms with Crippen LogP contribution < -0.4 is 5.32 Å². The predicted octanol–water partition coefficient (Wildman–Crippen LogP) is 4.21. The van der Waals surface area contributed by atoms with Gasteiger partial charge in [0.15, 0.2) is 0 Å². The highest BCUT2D eigenvalue weighted by Crippen LogP contribution is 2.59. The van der Waals surface area contributed by atoms with Gasteiger partial charge < -0.3 is 10.4 Å². The van der Waals surface area contributed by atoms with E-state index in [2.05, 4.69) is 5.32 Å². The molecule has 1 aromatic carbocycles. The molecule has 5 rings (SSSR count). The molecule has 4 bridgehead atoms. The first-order valence-electron chi connectivity index (χ1n) is 10.5. The fourth-order valence-electron chi connectivity index (χ4n) is 6.59. The summed E-state index contributed by atoms with van der Waals surface area (Å²) in [4.78, 5) is 24.4. The third-order valence-electron chi connectivity index (χ3n) is 7.46. The first kappa shape index (κ1) is 18.5.